The van der Waals surface area contributed by atoms with Crippen LogP contribution in [0.2, 0.25) is 0 Å². The van der Waals surface area contributed by atoms with Crippen LogP contribution >= 0.6 is 11.3 Å². The molecule has 0 spiro atoms. The maximum atomic E-state index is 11.2. The lowest BCUT2D eigenvalue weighted by molar-refractivity contribution is 0.342. The fourth-order valence-corrected chi connectivity index (χ4v) is 3.03. The van der Waals surface area contributed by atoms with Crippen molar-refractivity contribution in [3.8, 4) is 32.9 Å². The molecule has 3 heterocycles. The van der Waals surface area contributed by atoms with Gasteiger partial charge in [-0.3, -0.25) is 9.51 Å². The first-order chi connectivity index (χ1) is 11.1. The second-order valence-electron chi connectivity index (χ2n) is 4.52. The van der Waals surface area contributed by atoms with Gasteiger partial charge in [-0.2, -0.15) is 4.98 Å². The first kappa shape index (κ1) is 15.2. The molecule has 3 aromatic rings. The lowest BCUT2D eigenvalue weighted by atomic mass is 10.3. The number of aryl methyl sites for hydroxylation is 1. The molecule has 9 heteroatoms. The van der Waals surface area contributed by atoms with E-state index in [9.17, 15) is 4.79 Å². The molecule has 120 valence electrons. The van der Waals surface area contributed by atoms with Gasteiger partial charge in [-0.15, -0.1) is 11.3 Å². The van der Waals surface area contributed by atoms with Crippen molar-refractivity contribution in [2.45, 2.75) is 13.8 Å². The number of hydrogen-bond donors (Lipinski definition) is 1. The van der Waals surface area contributed by atoms with Crippen molar-refractivity contribution in [3.05, 3.63) is 28.5 Å². The maximum absolute atomic E-state index is 11.2. The van der Waals surface area contributed by atoms with Crippen molar-refractivity contribution in [2.24, 2.45) is 0 Å². The Morgan fingerprint density at radius 1 is 1.35 bits per heavy atom. The minimum Gasteiger partial charge on any atom is -0.492 e. The molecule has 23 heavy (non-hydrogen) atoms. The summed E-state index contributed by atoms with van der Waals surface area (Å²) in [5.41, 5.74) is 0.706. The fraction of sp³-hybridized carbons (Fsp3) is 0.286. The summed E-state index contributed by atoms with van der Waals surface area (Å²) in [5.74, 6) is 1.40. The summed E-state index contributed by atoms with van der Waals surface area (Å²) in [6.07, 6.45) is 0. The summed E-state index contributed by atoms with van der Waals surface area (Å²) < 4.78 is 15.4. The number of hydrogen-bond acceptors (Lipinski definition) is 8. The van der Waals surface area contributed by atoms with E-state index in [1.165, 1.54) is 11.3 Å². The molecular weight excluding hydrogens is 320 g/mol. The van der Waals surface area contributed by atoms with Crippen LogP contribution in [-0.2, 0) is 0 Å². The number of thiophene rings is 1. The topological polar surface area (TPSA) is 103 Å². The van der Waals surface area contributed by atoms with Crippen LogP contribution in [0.4, 0.5) is 0 Å². The molecular formula is C14H14N4O4S. The Bertz CT molecular complexity index is 883. The SMILES string of the molecule is CCOc1cc(-c2cc(OC)nc(C)n2)sc1-c1noc(=O)[nH]1. The minimum absolute atomic E-state index is 0.326. The summed E-state index contributed by atoms with van der Waals surface area (Å²) in [7, 11) is 1.55. The predicted molar refractivity (Wildman–Crippen MR) is 83.9 cm³/mol. The fourth-order valence-electron chi connectivity index (χ4n) is 2.03. The molecule has 0 atom stereocenters. The van der Waals surface area contributed by atoms with Gasteiger partial charge in [0.05, 0.1) is 24.3 Å². The second-order valence-corrected chi connectivity index (χ2v) is 5.58. The number of nitrogens with zero attached hydrogens (tertiary/aromatic N) is 3. The van der Waals surface area contributed by atoms with Gasteiger partial charge in [0.2, 0.25) is 5.88 Å². The van der Waals surface area contributed by atoms with E-state index in [4.69, 9.17) is 9.47 Å². The van der Waals surface area contributed by atoms with Crippen LogP contribution in [-0.4, -0.2) is 33.8 Å². The van der Waals surface area contributed by atoms with E-state index in [0.717, 1.165) is 4.88 Å². The van der Waals surface area contributed by atoms with E-state index in [1.807, 2.05) is 13.0 Å². The largest absolute Gasteiger partial charge is 0.492 e. The predicted octanol–water partition coefficient (Wildman–Crippen LogP) is 2.26. The molecule has 0 aliphatic rings. The highest BCUT2D eigenvalue weighted by Crippen LogP contribution is 2.41. The monoisotopic (exact) mass is 334 g/mol. The van der Waals surface area contributed by atoms with Gasteiger partial charge in [0.1, 0.15) is 16.5 Å². The molecule has 0 aliphatic carbocycles. The molecule has 0 radical (unpaired) electrons. The van der Waals surface area contributed by atoms with E-state index < -0.39 is 5.76 Å². The second kappa shape index (κ2) is 6.21. The van der Waals surface area contributed by atoms with Gasteiger partial charge >= 0.3 is 5.76 Å². The Labute approximate surface area is 135 Å². The molecule has 0 fully saturated rings. The average molecular weight is 334 g/mol. The van der Waals surface area contributed by atoms with E-state index in [1.54, 1.807) is 20.1 Å². The average Bonchev–Trinajstić information content (AvgIpc) is 3.13. The summed E-state index contributed by atoms with van der Waals surface area (Å²) in [6, 6.07) is 3.58. The maximum Gasteiger partial charge on any atom is 0.439 e. The highest BCUT2D eigenvalue weighted by Gasteiger charge is 2.18. The lowest BCUT2D eigenvalue weighted by Gasteiger charge is -2.02. The minimum atomic E-state index is -0.614. The zero-order valence-corrected chi connectivity index (χ0v) is 13.6. The smallest absolute Gasteiger partial charge is 0.439 e. The number of ether oxygens (including phenoxy) is 2. The molecule has 8 nitrogen and oxygen atoms in total. The molecule has 1 N–H and O–H groups in total. The number of aromatic amines is 1. The number of H-pyrrole nitrogens is 1. The Balaban J connectivity index is 2.10. The zero-order valence-electron chi connectivity index (χ0n) is 12.7. The standard InChI is InChI=1S/C14H14N4O4S/c1-4-21-9-6-10(8-5-11(20-3)16-7(2)15-8)23-12(9)13-17-14(19)22-18-13/h5-6H,4H2,1-3H3,(H,17,18,19). The van der Waals surface area contributed by atoms with Crippen molar-refractivity contribution in [2.75, 3.05) is 13.7 Å². The van der Waals surface area contributed by atoms with Gasteiger partial charge in [-0.25, -0.2) is 9.78 Å². The van der Waals surface area contributed by atoms with Crippen molar-refractivity contribution < 1.29 is 14.0 Å². The molecule has 0 amide bonds. The van der Waals surface area contributed by atoms with E-state index >= 15 is 0 Å². The van der Waals surface area contributed by atoms with E-state index in [2.05, 4.69) is 24.6 Å². The summed E-state index contributed by atoms with van der Waals surface area (Å²) in [6.45, 7) is 4.15. The molecule has 0 aromatic carbocycles. The van der Waals surface area contributed by atoms with Crippen LogP contribution in [0, 0.1) is 6.92 Å². The van der Waals surface area contributed by atoms with Crippen molar-refractivity contribution in [1.82, 2.24) is 20.1 Å². The Hall–Kier alpha value is -2.68. The third-order valence-electron chi connectivity index (χ3n) is 2.93. The quantitative estimate of drug-likeness (QED) is 0.763. The first-order valence-corrected chi connectivity index (χ1v) is 7.65. The molecule has 3 rings (SSSR count). The molecule has 0 saturated carbocycles. The van der Waals surface area contributed by atoms with Crippen LogP contribution in [0.3, 0.4) is 0 Å². The van der Waals surface area contributed by atoms with Crippen LogP contribution in [0.25, 0.3) is 21.3 Å². The van der Waals surface area contributed by atoms with Gasteiger partial charge < -0.3 is 9.47 Å². The van der Waals surface area contributed by atoms with Crippen LogP contribution < -0.4 is 15.2 Å². The van der Waals surface area contributed by atoms with E-state index in [-0.39, 0.29) is 0 Å². The van der Waals surface area contributed by atoms with Gasteiger partial charge in [-0.05, 0) is 13.8 Å². The van der Waals surface area contributed by atoms with Gasteiger partial charge in [0.25, 0.3) is 0 Å². The van der Waals surface area contributed by atoms with Crippen LogP contribution in [0.1, 0.15) is 12.7 Å². The zero-order chi connectivity index (χ0) is 16.4. The van der Waals surface area contributed by atoms with Gasteiger partial charge in [-0.1, -0.05) is 5.16 Å². The third kappa shape index (κ3) is 3.09. The molecule has 0 saturated heterocycles. The van der Waals surface area contributed by atoms with Crippen molar-refractivity contribution in [1.29, 1.82) is 0 Å². The van der Waals surface area contributed by atoms with Crippen LogP contribution in [0.15, 0.2) is 21.5 Å². The number of methoxy groups -OCH3 is 1. The van der Waals surface area contributed by atoms with Crippen molar-refractivity contribution in [3.63, 3.8) is 0 Å². The third-order valence-corrected chi connectivity index (χ3v) is 4.07. The first-order valence-electron chi connectivity index (χ1n) is 6.83. The Morgan fingerprint density at radius 3 is 2.83 bits per heavy atom. The highest BCUT2D eigenvalue weighted by atomic mass is 32.1. The number of nitrogens with one attached hydrogen (secondary N) is 1. The van der Waals surface area contributed by atoms with Crippen LogP contribution in [0.5, 0.6) is 11.6 Å². The molecule has 0 bridgehead atoms. The molecule has 0 aliphatic heterocycles. The summed E-state index contributed by atoms with van der Waals surface area (Å²) in [4.78, 5) is 23.8. The molecule has 0 unspecified atom stereocenters. The van der Waals surface area contributed by atoms with Gasteiger partial charge in [0, 0.05) is 12.1 Å². The highest BCUT2D eigenvalue weighted by molar-refractivity contribution is 7.19. The lowest BCUT2D eigenvalue weighted by Crippen LogP contribution is -1.95. The van der Waals surface area contributed by atoms with Gasteiger partial charge in [0.15, 0.2) is 5.82 Å². The number of aromatic nitrogens is 4. The number of rotatable bonds is 5. The summed E-state index contributed by atoms with van der Waals surface area (Å²) in [5, 5.41) is 3.72. The summed E-state index contributed by atoms with van der Waals surface area (Å²) >= 11 is 1.38. The Kier molecular flexibility index (Phi) is 4.11. The molecule has 3 aromatic heterocycles. The Morgan fingerprint density at radius 2 is 2.17 bits per heavy atom. The van der Waals surface area contributed by atoms with E-state index in [0.29, 0.717) is 40.5 Å². The normalized spacial score (nSPS) is 10.7. The van der Waals surface area contributed by atoms with Crippen molar-refractivity contribution >= 4 is 11.3 Å².